The van der Waals surface area contributed by atoms with Gasteiger partial charge in [0.1, 0.15) is 17.2 Å². The van der Waals surface area contributed by atoms with Crippen LogP contribution in [0.15, 0.2) is 72.3 Å². The summed E-state index contributed by atoms with van der Waals surface area (Å²) in [6.07, 6.45) is -2.90. The minimum absolute atomic E-state index is 0.0395. The van der Waals surface area contributed by atoms with Crippen molar-refractivity contribution in [2.45, 2.75) is 31.9 Å². The van der Waals surface area contributed by atoms with Crippen LogP contribution in [0.1, 0.15) is 36.9 Å². The average Bonchev–Trinajstić information content (AvgIpc) is 3.44. The van der Waals surface area contributed by atoms with Crippen molar-refractivity contribution >= 4 is 46.7 Å². The number of ether oxygens (including phenoxy) is 1. The molecule has 2 aliphatic carbocycles. The number of rotatable bonds is 5. The molecule has 0 radical (unpaired) electrons. The summed E-state index contributed by atoms with van der Waals surface area (Å²) in [6.45, 7) is 1.69. The van der Waals surface area contributed by atoms with Gasteiger partial charge in [0, 0.05) is 18.5 Å². The Morgan fingerprint density at radius 2 is 1.71 bits per heavy atom. The summed E-state index contributed by atoms with van der Waals surface area (Å²) in [6, 6.07) is 14.8. The van der Waals surface area contributed by atoms with E-state index in [2.05, 4.69) is 4.98 Å². The van der Waals surface area contributed by atoms with Crippen molar-refractivity contribution in [1.82, 2.24) is 9.99 Å². The van der Waals surface area contributed by atoms with Gasteiger partial charge < -0.3 is 9.84 Å². The van der Waals surface area contributed by atoms with Crippen LogP contribution in [0, 0.1) is 29.1 Å². The molecule has 2 aliphatic heterocycles. The number of aromatic nitrogens is 1. The van der Waals surface area contributed by atoms with Crippen LogP contribution in [-0.4, -0.2) is 52.9 Å². The van der Waals surface area contributed by atoms with Crippen molar-refractivity contribution in [2.24, 2.45) is 29.1 Å². The number of alkyl halides is 3. The third kappa shape index (κ3) is 4.72. The molecule has 0 bridgehead atoms. The predicted molar refractivity (Wildman–Crippen MR) is 170 cm³/mol. The average molecular weight is 695 g/mol. The fourth-order valence-electron chi connectivity index (χ4n) is 8.26. The van der Waals surface area contributed by atoms with Crippen LogP contribution in [-0.2, 0) is 25.4 Å². The molecule has 4 aliphatic rings. The fourth-order valence-corrected chi connectivity index (χ4v) is 8.49. The molecule has 3 fully saturated rings. The molecule has 2 saturated heterocycles. The summed E-state index contributed by atoms with van der Waals surface area (Å²) in [5.41, 5.74) is -1.34. The fraction of sp³-hybridized carbons (Fsp3) is 0.343. The molecule has 1 aromatic heterocycles. The van der Waals surface area contributed by atoms with Gasteiger partial charge in [-0.15, -0.1) is 0 Å². The number of anilines is 2. The maximum absolute atomic E-state index is 14.5. The minimum atomic E-state index is -4.81. The second-order valence-corrected chi connectivity index (χ2v) is 13.3. The van der Waals surface area contributed by atoms with E-state index < -0.39 is 76.3 Å². The molecule has 3 heterocycles. The molecule has 3 aromatic rings. The lowest BCUT2D eigenvalue weighted by molar-refractivity contribution is -0.141. The number of carbonyl (C=O) groups is 4. The normalized spacial score (nSPS) is 27.9. The number of imide groups is 2. The van der Waals surface area contributed by atoms with Crippen molar-refractivity contribution in [3.8, 4) is 11.5 Å². The Bertz CT molecular complexity index is 1950. The molecule has 4 amide bonds. The number of phenols is 1. The highest BCUT2D eigenvalue weighted by molar-refractivity contribution is 6.33. The SMILES string of the molecule is COc1ccc(O)c(C2C3=CCC4C(=O)N(N(C)c5nc(C(F)(F)F)ccc5Cl)C(=O)C4C3CC3C(=O)N(c4ccccc4)C(=O)C32C)c1. The van der Waals surface area contributed by atoms with E-state index >= 15 is 0 Å². The zero-order valence-electron chi connectivity index (χ0n) is 26.4. The number of benzene rings is 2. The lowest BCUT2D eigenvalue weighted by atomic mass is 9.51. The first-order valence-corrected chi connectivity index (χ1v) is 15.9. The van der Waals surface area contributed by atoms with Crippen LogP contribution in [0.3, 0.4) is 0 Å². The first-order valence-electron chi connectivity index (χ1n) is 15.6. The predicted octanol–water partition coefficient (Wildman–Crippen LogP) is 5.75. The number of phenolic OH excluding ortho intramolecular Hbond substituents is 1. The Labute approximate surface area is 283 Å². The number of carbonyl (C=O) groups excluding carboxylic acids is 4. The van der Waals surface area contributed by atoms with Gasteiger partial charge in [-0.1, -0.05) is 41.4 Å². The first kappa shape index (κ1) is 32.6. The van der Waals surface area contributed by atoms with Gasteiger partial charge in [0.15, 0.2) is 5.82 Å². The van der Waals surface area contributed by atoms with E-state index in [9.17, 15) is 37.5 Å². The van der Waals surface area contributed by atoms with Crippen LogP contribution < -0.4 is 14.6 Å². The second kappa shape index (κ2) is 11.3. The van der Waals surface area contributed by atoms with E-state index in [1.54, 1.807) is 55.5 Å². The highest BCUT2D eigenvalue weighted by Gasteiger charge is 2.68. The molecule has 0 spiro atoms. The number of fused-ring (bicyclic) bond motifs is 4. The van der Waals surface area contributed by atoms with Crippen LogP contribution in [0.25, 0.3) is 0 Å². The maximum Gasteiger partial charge on any atom is 0.433 e. The van der Waals surface area contributed by atoms with E-state index in [4.69, 9.17) is 16.3 Å². The standard InChI is InChI=1S/C35H30ClF3N4O6/c1-34-23(31(46)42(33(34)48)17-7-5-4-6-8-17)16-21-19(28(34)22-15-18(49-3)9-13-25(22)44)10-11-20-27(21)32(47)43(30(20)45)41(2)29-24(36)12-14-26(40-29)35(37,38)39/h4-10,12-15,20-21,23,27-28,44H,11,16H2,1-3H3. The molecule has 14 heteroatoms. The second-order valence-electron chi connectivity index (χ2n) is 12.9. The third-order valence-corrected chi connectivity index (χ3v) is 10.8. The zero-order chi connectivity index (χ0) is 35.2. The maximum atomic E-state index is 14.5. The Balaban J connectivity index is 1.34. The molecule has 1 saturated carbocycles. The van der Waals surface area contributed by atoms with Gasteiger partial charge in [0.05, 0.1) is 41.0 Å². The summed E-state index contributed by atoms with van der Waals surface area (Å²) >= 11 is 6.24. The summed E-state index contributed by atoms with van der Waals surface area (Å²) < 4.78 is 46.1. The van der Waals surface area contributed by atoms with Gasteiger partial charge >= 0.3 is 6.18 Å². The highest BCUT2D eigenvalue weighted by Crippen LogP contribution is 2.64. The third-order valence-electron chi connectivity index (χ3n) is 10.5. The molecule has 2 aromatic carbocycles. The van der Waals surface area contributed by atoms with Crippen molar-refractivity contribution in [1.29, 1.82) is 0 Å². The number of amides is 4. The van der Waals surface area contributed by atoms with E-state index in [0.717, 1.165) is 21.0 Å². The molecular formula is C35H30ClF3N4O6. The van der Waals surface area contributed by atoms with Crippen LogP contribution in [0.2, 0.25) is 5.02 Å². The molecule has 254 valence electrons. The van der Waals surface area contributed by atoms with Crippen molar-refractivity contribution < 1.29 is 42.2 Å². The van der Waals surface area contributed by atoms with Crippen LogP contribution >= 0.6 is 11.6 Å². The van der Waals surface area contributed by atoms with E-state index in [-0.39, 0.29) is 23.6 Å². The zero-order valence-corrected chi connectivity index (χ0v) is 27.2. The Morgan fingerprint density at radius 1 is 1.00 bits per heavy atom. The molecule has 10 nitrogen and oxygen atoms in total. The summed E-state index contributed by atoms with van der Waals surface area (Å²) in [7, 11) is 2.69. The number of methoxy groups -OCH3 is 1. The van der Waals surface area contributed by atoms with Crippen LogP contribution in [0.4, 0.5) is 24.7 Å². The number of pyridine rings is 1. The largest absolute Gasteiger partial charge is 0.508 e. The number of halogens is 4. The number of para-hydroxylation sites is 1. The van der Waals surface area contributed by atoms with E-state index in [0.29, 0.717) is 28.6 Å². The lowest BCUT2D eigenvalue weighted by Crippen LogP contribution is -2.49. The van der Waals surface area contributed by atoms with Gasteiger partial charge in [0.2, 0.25) is 11.8 Å². The van der Waals surface area contributed by atoms with Crippen molar-refractivity contribution in [3.63, 3.8) is 0 Å². The van der Waals surface area contributed by atoms with Gasteiger partial charge in [0.25, 0.3) is 11.8 Å². The van der Waals surface area contributed by atoms with E-state index in [1.165, 1.54) is 20.2 Å². The molecule has 7 rings (SSSR count). The topological polar surface area (TPSA) is 120 Å². The van der Waals surface area contributed by atoms with Gasteiger partial charge in [-0.25, -0.2) is 9.88 Å². The molecule has 1 N–H and O–H groups in total. The summed E-state index contributed by atoms with van der Waals surface area (Å²) in [5.74, 6) is -7.00. The van der Waals surface area contributed by atoms with Gasteiger partial charge in [-0.2, -0.15) is 18.2 Å². The van der Waals surface area contributed by atoms with Gasteiger partial charge in [-0.3, -0.25) is 24.2 Å². The molecule has 49 heavy (non-hydrogen) atoms. The summed E-state index contributed by atoms with van der Waals surface area (Å²) in [4.78, 5) is 61.8. The van der Waals surface area contributed by atoms with Crippen LogP contribution in [0.5, 0.6) is 11.5 Å². The smallest absolute Gasteiger partial charge is 0.433 e. The number of aromatic hydroxyl groups is 1. The number of nitrogens with zero attached hydrogens (tertiary/aromatic N) is 4. The number of hydrazine groups is 1. The Kier molecular flexibility index (Phi) is 7.54. The monoisotopic (exact) mass is 694 g/mol. The van der Waals surface area contributed by atoms with Gasteiger partial charge in [-0.05, 0) is 68.1 Å². The molecule has 6 unspecified atom stereocenters. The Hall–Kier alpha value is -4.91. The van der Waals surface area contributed by atoms with Crippen molar-refractivity contribution in [3.05, 3.63) is 88.6 Å². The lowest BCUT2D eigenvalue weighted by Gasteiger charge is -2.49. The Morgan fingerprint density at radius 3 is 2.39 bits per heavy atom. The molecule has 6 atom stereocenters. The minimum Gasteiger partial charge on any atom is -0.508 e. The summed E-state index contributed by atoms with van der Waals surface area (Å²) in [5, 5.41) is 12.7. The quantitative estimate of drug-likeness (QED) is 0.265. The number of hydrogen-bond acceptors (Lipinski definition) is 8. The van der Waals surface area contributed by atoms with Crippen molar-refractivity contribution in [2.75, 3.05) is 24.1 Å². The first-order chi connectivity index (χ1) is 23.2. The number of hydrogen-bond donors (Lipinski definition) is 1. The van der Waals surface area contributed by atoms with E-state index in [1.807, 2.05) is 0 Å². The number of allylic oxidation sites excluding steroid dienone is 2. The highest BCUT2D eigenvalue weighted by atomic mass is 35.5. The molecular weight excluding hydrogens is 665 g/mol.